The number of hydrogen-bond donors (Lipinski definition) is 0. The highest BCUT2D eigenvalue weighted by molar-refractivity contribution is 5.46. The van der Waals surface area contributed by atoms with E-state index in [2.05, 4.69) is 46.4 Å². The molecule has 0 spiro atoms. The summed E-state index contributed by atoms with van der Waals surface area (Å²) in [6, 6.07) is 14.7. The largest absolute Gasteiger partial charge is 0.493 e. The van der Waals surface area contributed by atoms with E-state index in [0.717, 1.165) is 30.8 Å². The molecule has 0 saturated heterocycles. The second-order valence-electron chi connectivity index (χ2n) is 7.33. The van der Waals surface area contributed by atoms with Crippen LogP contribution in [0.4, 0.5) is 0 Å². The van der Waals surface area contributed by atoms with Crippen molar-refractivity contribution in [1.29, 1.82) is 0 Å². The van der Waals surface area contributed by atoms with Gasteiger partial charge in [-0.25, -0.2) is 0 Å². The summed E-state index contributed by atoms with van der Waals surface area (Å²) in [6.45, 7) is 0. The minimum Gasteiger partial charge on any atom is -0.493 e. The highest BCUT2D eigenvalue weighted by Crippen LogP contribution is 2.37. The number of nitrogens with zero attached hydrogens (tertiary/aromatic N) is 2. The van der Waals surface area contributed by atoms with Gasteiger partial charge in [-0.05, 0) is 85.2 Å². The maximum atomic E-state index is 6.33. The van der Waals surface area contributed by atoms with Gasteiger partial charge in [0.25, 0.3) is 0 Å². The molecule has 1 aliphatic rings. The summed E-state index contributed by atoms with van der Waals surface area (Å²) >= 11 is 0. The first-order chi connectivity index (χ1) is 13.8. The Hall–Kier alpha value is -2.88. The monoisotopic (exact) mass is 374 g/mol. The Morgan fingerprint density at radius 3 is 2.21 bits per heavy atom. The number of pyridine rings is 2. The summed E-state index contributed by atoms with van der Waals surface area (Å²) in [5, 5.41) is 0. The molecule has 4 nitrogen and oxygen atoms in total. The van der Waals surface area contributed by atoms with Gasteiger partial charge in [0.1, 0.15) is 0 Å². The predicted octanol–water partition coefficient (Wildman–Crippen LogP) is 5.18. The molecule has 2 heterocycles. The van der Waals surface area contributed by atoms with Crippen LogP contribution in [0.15, 0.2) is 67.3 Å². The zero-order chi connectivity index (χ0) is 19.2. The molecule has 0 aliphatic heterocycles. The van der Waals surface area contributed by atoms with Gasteiger partial charge in [0.15, 0.2) is 11.5 Å². The van der Waals surface area contributed by atoms with Crippen LogP contribution in [-0.2, 0) is 6.42 Å². The maximum absolute atomic E-state index is 6.33. The minimum atomic E-state index is 0.210. The van der Waals surface area contributed by atoms with Crippen molar-refractivity contribution in [1.82, 2.24) is 9.97 Å². The minimum absolute atomic E-state index is 0.210. The van der Waals surface area contributed by atoms with Crippen LogP contribution in [0, 0.1) is 0 Å². The third-order valence-corrected chi connectivity index (χ3v) is 5.48. The topological polar surface area (TPSA) is 44.2 Å². The fraction of sp³-hybridized carbons (Fsp3) is 0.333. The lowest BCUT2D eigenvalue weighted by atomic mass is 9.86. The molecule has 0 radical (unpaired) electrons. The van der Waals surface area contributed by atoms with Crippen molar-refractivity contribution in [2.75, 3.05) is 7.11 Å². The van der Waals surface area contributed by atoms with Gasteiger partial charge in [-0.15, -0.1) is 0 Å². The Labute approximate surface area is 166 Å². The van der Waals surface area contributed by atoms with Crippen LogP contribution >= 0.6 is 0 Å². The predicted molar refractivity (Wildman–Crippen MR) is 110 cm³/mol. The molecule has 0 bridgehead atoms. The van der Waals surface area contributed by atoms with Gasteiger partial charge >= 0.3 is 0 Å². The lowest BCUT2D eigenvalue weighted by Gasteiger charge is -2.21. The van der Waals surface area contributed by atoms with Gasteiger partial charge in [-0.1, -0.05) is 6.07 Å². The zero-order valence-electron chi connectivity index (χ0n) is 16.3. The van der Waals surface area contributed by atoms with E-state index in [4.69, 9.17) is 9.47 Å². The SMILES string of the molecule is COc1ccc([C@H](Cc2ccncc2)c2ccncc2)cc1OC1CCCC1. The molecule has 0 N–H and O–H groups in total. The van der Waals surface area contributed by atoms with E-state index in [0.29, 0.717) is 6.10 Å². The summed E-state index contributed by atoms with van der Waals surface area (Å²) < 4.78 is 11.9. The van der Waals surface area contributed by atoms with Crippen LogP contribution in [0.25, 0.3) is 0 Å². The molecule has 1 aromatic carbocycles. The lowest BCUT2D eigenvalue weighted by Crippen LogP contribution is -2.12. The second kappa shape index (κ2) is 8.87. The average molecular weight is 374 g/mol. The quantitative estimate of drug-likeness (QED) is 0.571. The number of ether oxygens (including phenoxy) is 2. The molecule has 1 saturated carbocycles. The van der Waals surface area contributed by atoms with Gasteiger partial charge in [0.2, 0.25) is 0 Å². The molecule has 1 aliphatic carbocycles. The Bertz CT molecular complexity index is 878. The van der Waals surface area contributed by atoms with E-state index in [9.17, 15) is 0 Å². The van der Waals surface area contributed by atoms with Crippen molar-refractivity contribution in [3.63, 3.8) is 0 Å². The summed E-state index contributed by atoms with van der Waals surface area (Å²) in [5.41, 5.74) is 3.71. The third-order valence-electron chi connectivity index (χ3n) is 5.48. The fourth-order valence-corrected chi connectivity index (χ4v) is 3.97. The zero-order valence-corrected chi connectivity index (χ0v) is 16.3. The molecule has 0 amide bonds. The molecular formula is C24H26N2O2. The highest BCUT2D eigenvalue weighted by atomic mass is 16.5. The summed E-state index contributed by atoms with van der Waals surface area (Å²) in [6.07, 6.45) is 13.3. The van der Waals surface area contributed by atoms with Crippen LogP contribution in [-0.4, -0.2) is 23.2 Å². The molecule has 1 atom stereocenters. The first-order valence-corrected chi connectivity index (χ1v) is 9.97. The van der Waals surface area contributed by atoms with Crippen LogP contribution in [0.2, 0.25) is 0 Å². The molecule has 0 unspecified atom stereocenters. The first kappa shape index (κ1) is 18.5. The maximum Gasteiger partial charge on any atom is 0.161 e. The van der Waals surface area contributed by atoms with Gasteiger partial charge in [-0.2, -0.15) is 0 Å². The van der Waals surface area contributed by atoms with Crippen molar-refractivity contribution < 1.29 is 9.47 Å². The molecule has 28 heavy (non-hydrogen) atoms. The molecular weight excluding hydrogens is 348 g/mol. The van der Waals surface area contributed by atoms with Gasteiger partial charge in [-0.3, -0.25) is 9.97 Å². The third kappa shape index (κ3) is 4.33. The molecule has 4 heteroatoms. The molecule has 3 aromatic rings. The average Bonchev–Trinajstić information content (AvgIpc) is 3.26. The molecule has 1 fully saturated rings. The lowest BCUT2D eigenvalue weighted by molar-refractivity contribution is 0.200. The Morgan fingerprint density at radius 1 is 0.857 bits per heavy atom. The normalized spacial score (nSPS) is 15.3. The number of rotatable bonds is 7. The first-order valence-electron chi connectivity index (χ1n) is 9.97. The van der Waals surface area contributed by atoms with Crippen LogP contribution in [0.3, 0.4) is 0 Å². The van der Waals surface area contributed by atoms with E-state index in [1.165, 1.54) is 29.5 Å². The standard InChI is InChI=1S/C24H26N2O2/c1-27-23-7-6-20(17-24(23)28-21-4-2-3-5-21)22(19-10-14-26-15-11-19)16-18-8-12-25-13-9-18/h6-15,17,21-22H,2-5,16H2,1H3/t22-/m1/s1. The fourth-order valence-electron chi connectivity index (χ4n) is 3.97. The van der Waals surface area contributed by atoms with E-state index in [1.54, 1.807) is 7.11 Å². The van der Waals surface area contributed by atoms with Crippen molar-refractivity contribution in [2.45, 2.75) is 44.1 Å². The van der Waals surface area contributed by atoms with Crippen LogP contribution in [0.1, 0.15) is 48.3 Å². The Morgan fingerprint density at radius 2 is 1.54 bits per heavy atom. The number of methoxy groups -OCH3 is 1. The van der Waals surface area contributed by atoms with E-state index in [-0.39, 0.29) is 5.92 Å². The van der Waals surface area contributed by atoms with Gasteiger partial charge in [0.05, 0.1) is 13.2 Å². The molecule has 2 aromatic heterocycles. The van der Waals surface area contributed by atoms with Crippen molar-refractivity contribution >= 4 is 0 Å². The summed E-state index contributed by atoms with van der Waals surface area (Å²) in [7, 11) is 1.70. The second-order valence-corrected chi connectivity index (χ2v) is 7.33. The van der Waals surface area contributed by atoms with E-state index in [1.807, 2.05) is 30.9 Å². The highest BCUT2D eigenvalue weighted by Gasteiger charge is 2.21. The van der Waals surface area contributed by atoms with Crippen molar-refractivity contribution in [2.24, 2.45) is 0 Å². The van der Waals surface area contributed by atoms with E-state index < -0.39 is 0 Å². The Kier molecular flexibility index (Phi) is 5.86. The van der Waals surface area contributed by atoms with Crippen molar-refractivity contribution in [3.05, 3.63) is 83.9 Å². The molecule has 4 rings (SSSR count). The molecule has 144 valence electrons. The number of aromatic nitrogens is 2. The Balaban J connectivity index is 1.68. The smallest absolute Gasteiger partial charge is 0.161 e. The van der Waals surface area contributed by atoms with Crippen molar-refractivity contribution in [3.8, 4) is 11.5 Å². The number of hydrogen-bond acceptors (Lipinski definition) is 4. The summed E-state index contributed by atoms with van der Waals surface area (Å²) in [4.78, 5) is 8.33. The van der Waals surface area contributed by atoms with Crippen LogP contribution in [0.5, 0.6) is 11.5 Å². The van der Waals surface area contributed by atoms with Gasteiger partial charge in [0, 0.05) is 30.7 Å². The van der Waals surface area contributed by atoms with Crippen LogP contribution < -0.4 is 9.47 Å². The van der Waals surface area contributed by atoms with E-state index >= 15 is 0 Å². The van der Waals surface area contributed by atoms with Gasteiger partial charge < -0.3 is 9.47 Å². The number of benzene rings is 1. The summed E-state index contributed by atoms with van der Waals surface area (Å²) in [5.74, 6) is 1.86.